The third-order valence-electron chi connectivity index (χ3n) is 7.91. The smallest absolute Gasteiger partial charge is 0.123 e. The minimum atomic E-state index is -0.208. The van der Waals surface area contributed by atoms with Gasteiger partial charge >= 0.3 is 0 Å². The zero-order valence-corrected chi connectivity index (χ0v) is 22.6. The van der Waals surface area contributed by atoms with Crippen molar-refractivity contribution in [3.63, 3.8) is 0 Å². The molecular weight excluding hydrogens is 457 g/mol. The van der Waals surface area contributed by atoms with E-state index in [-0.39, 0.29) is 11.9 Å². The number of anilines is 1. The number of halogens is 1. The normalized spacial score (nSPS) is 15.1. The number of fused-ring (bicyclic) bond motifs is 1. The molecule has 1 heterocycles. The molecule has 0 saturated carbocycles. The van der Waals surface area contributed by atoms with E-state index >= 15 is 0 Å². The SMILES string of the molecule is CCCCCCCCCCCCc1ccc(CC2c3ccc(O)cc3CCN2c2ccc(F)cc2)cc1. The molecule has 0 spiro atoms. The molecule has 0 saturated heterocycles. The summed E-state index contributed by atoms with van der Waals surface area (Å²) in [4.78, 5) is 2.39. The maximum Gasteiger partial charge on any atom is 0.123 e. The second-order valence-electron chi connectivity index (χ2n) is 10.8. The summed E-state index contributed by atoms with van der Waals surface area (Å²) in [6.45, 7) is 3.13. The van der Waals surface area contributed by atoms with E-state index in [2.05, 4.69) is 42.2 Å². The number of hydrogen-bond acceptors (Lipinski definition) is 2. The minimum Gasteiger partial charge on any atom is -0.508 e. The highest BCUT2D eigenvalue weighted by molar-refractivity contribution is 5.53. The summed E-state index contributed by atoms with van der Waals surface area (Å²) in [5.74, 6) is 0.115. The first-order valence-corrected chi connectivity index (χ1v) is 14.6. The second kappa shape index (κ2) is 14.2. The van der Waals surface area contributed by atoms with E-state index in [9.17, 15) is 9.50 Å². The molecule has 3 heteroatoms. The first-order valence-electron chi connectivity index (χ1n) is 14.6. The van der Waals surface area contributed by atoms with Gasteiger partial charge in [-0.2, -0.15) is 0 Å². The molecular formula is C34H44FNO. The predicted octanol–water partition coefficient (Wildman–Crippen LogP) is 9.34. The summed E-state index contributed by atoms with van der Waals surface area (Å²) >= 11 is 0. The van der Waals surface area contributed by atoms with E-state index in [1.165, 1.54) is 86.5 Å². The Morgan fingerprint density at radius 2 is 1.38 bits per heavy atom. The molecule has 37 heavy (non-hydrogen) atoms. The first-order chi connectivity index (χ1) is 18.1. The van der Waals surface area contributed by atoms with Gasteiger partial charge in [-0.05, 0) is 84.3 Å². The van der Waals surface area contributed by atoms with Crippen molar-refractivity contribution < 1.29 is 9.50 Å². The van der Waals surface area contributed by atoms with Crippen LogP contribution in [0.2, 0.25) is 0 Å². The number of rotatable bonds is 14. The van der Waals surface area contributed by atoms with Crippen molar-refractivity contribution in [1.82, 2.24) is 0 Å². The predicted molar refractivity (Wildman–Crippen MR) is 154 cm³/mol. The molecule has 0 aromatic heterocycles. The van der Waals surface area contributed by atoms with Crippen molar-refractivity contribution in [2.75, 3.05) is 11.4 Å². The Hall–Kier alpha value is -2.81. The zero-order chi connectivity index (χ0) is 25.9. The molecule has 1 N–H and O–H groups in total. The standard InChI is InChI=1S/C34H44FNO/c1-2-3-4-5-6-7-8-9-10-11-12-27-13-15-28(16-14-27)25-34-33-22-21-32(37)26-29(33)23-24-36(34)31-19-17-30(35)18-20-31/h13-22,26,34,37H,2-12,23-25H2,1H3. The van der Waals surface area contributed by atoms with Crippen LogP contribution in [0.5, 0.6) is 5.75 Å². The van der Waals surface area contributed by atoms with Crippen LogP contribution >= 0.6 is 0 Å². The number of aromatic hydroxyl groups is 1. The van der Waals surface area contributed by atoms with Gasteiger partial charge in [0.15, 0.2) is 0 Å². The van der Waals surface area contributed by atoms with Gasteiger partial charge in [-0.25, -0.2) is 4.39 Å². The molecule has 1 atom stereocenters. The molecule has 4 rings (SSSR count). The van der Waals surface area contributed by atoms with Crippen LogP contribution in [-0.4, -0.2) is 11.7 Å². The van der Waals surface area contributed by atoms with Crippen LogP contribution in [0, 0.1) is 5.82 Å². The highest BCUT2D eigenvalue weighted by Crippen LogP contribution is 2.37. The second-order valence-corrected chi connectivity index (χ2v) is 10.8. The van der Waals surface area contributed by atoms with Crippen LogP contribution in [0.25, 0.3) is 0 Å². The largest absolute Gasteiger partial charge is 0.508 e. The molecule has 0 bridgehead atoms. The van der Waals surface area contributed by atoms with Crippen molar-refractivity contribution in [2.45, 2.75) is 96.4 Å². The van der Waals surface area contributed by atoms with Crippen LogP contribution in [0.15, 0.2) is 66.7 Å². The topological polar surface area (TPSA) is 23.5 Å². The Labute approximate surface area is 223 Å². The van der Waals surface area contributed by atoms with Gasteiger partial charge in [0.25, 0.3) is 0 Å². The van der Waals surface area contributed by atoms with Crippen LogP contribution in [-0.2, 0) is 19.3 Å². The summed E-state index contributed by atoms with van der Waals surface area (Å²) in [5, 5.41) is 10.0. The monoisotopic (exact) mass is 501 g/mol. The molecule has 2 nitrogen and oxygen atoms in total. The molecule has 0 aliphatic carbocycles. The van der Waals surface area contributed by atoms with Gasteiger partial charge in [-0.1, -0.05) is 95.0 Å². The maximum absolute atomic E-state index is 13.6. The summed E-state index contributed by atoms with van der Waals surface area (Å²) in [7, 11) is 0. The molecule has 0 amide bonds. The summed E-state index contributed by atoms with van der Waals surface area (Å²) in [5.41, 5.74) is 6.24. The average molecular weight is 502 g/mol. The maximum atomic E-state index is 13.6. The van der Waals surface area contributed by atoms with E-state index in [4.69, 9.17) is 0 Å². The lowest BCUT2D eigenvalue weighted by atomic mass is 9.87. The molecule has 198 valence electrons. The third-order valence-corrected chi connectivity index (χ3v) is 7.91. The fraction of sp³-hybridized carbons (Fsp3) is 0.471. The minimum absolute atomic E-state index is 0.155. The van der Waals surface area contributed by atoms with Gasteiger partial charge in [0.2, 0.25) is 0 Å². The summed E-state index contributed by atoms with van der Waals surface area (Å²) < 4.78 is 13.6. The van der Waals surface area contributed by atoms with E-state index in [1.807, 2.05) is 18.2 Å². The van der Waals surface area contributed by atoms with Crippen LogP contribution in [0.4, 0.5) is 10.1 Å². The fourth-order valence-electron chi connectivity index (χ4n) is 5.74. The number of aryl methyl sites for hydroxylation is 1. The Morgan fingerprint density at radius 1 is 0.757 bits per heavy atom. The van der Waals surface area contributed by atoms with Crippen molar-refractivity contribution in [3.05, 3.63) is 94.8 Å². The highest BCUT2D eigenvalue weighted by atomic mass is 19.1. The van der Waals surface area contributed by atoms with Crippen molar-refractivity contribution in [3.8, 4) is 5.75 Å². The number of phenols is 1. The van der Waals surface area contributed by atoms with E-state index < -0.39 is 0 Å². The van der Waals surface area contributed by atoms with Crippen LogP contribution in [0.1, 0.15) is 99.4 Å². The molecule has 1 aliphatic heterocycles. The Morgan fingerprint density at radius 3 is 2.05 bits per heavy atom. The van der Waals surface area contributed by atoms with E-state index in [0.29, 0.717) is 5.75 Å². The molecule has 3 aromatic rings. The Bertz CT molecular complexity index is 1080. The van der Waals surface area contributed by atoms with Crippen molar-refractivity contribution in [1.29, 1.82) is 0 Å². The highest BCUT2D eigenvalue weighted by Gasteiger charge is 2.28. The van der Waals surface area contributed by atoms with Crippen LogP contribution in [0.3, 0.4) is 0 Å². The third kappa shape index (κ3) is 8.09. The number of benzene rings is 3. The van der Waals surface area contributed by atoms with Gasteiger partial charge in [0.05, 0.1) is 6.04 Å². The molecule has 1 aliphatic rings. The molecule has 0 radical (unpaired) electrons. The Kier molecular flexibility index (Phi) is 10.5. The van der Waals surface area contributed by atoms with E-state index in [1.54, 1.807) is 18.2 Å². The number of unbranched alkanes of at least 4 members (excludes halogenated alkanes) is 9. The number of nitrogens with zero attached hydrogens (tertiary/aromatic N) is 1. The van der Waals surface area contributed by atoms with Gasteiger partial charge in [-0.15, -0.1) is 0 Å². The van der Waals surface area contributed by atoms with Crippen molar-refractivity contribution in [2.24, 2.45) is 0 Å². The lowest BCUT2D eigenvalue weighted by molar-refractivity contribution is 0.472. The zero-order valence-electron chi connectivity index (χ0n) is 22.6. The van der Waals surface area contributed by atoms with E-state index in [0.717, 1.165) is 31.5 Å². The quantitative estimate of drug-likeness (QED) is 0.222. The number of phenolic OH excluding ortho intramolecular Hbond substituents is 1. The fourth-order valence-corrected chi connectivity index (χ4v) is 5.74. The molecule has 1 unspecified atom stereocenters. The average Bonchev–Trinajstić information content (AvgIpc) is 2.91. The Balaban J connectivity index is 1.31. The van der Waals surface area contributed by atoms with Gasteiger partial charge < -0.3 is 10.0 Å². The van der Waals surface area contributed by atoms with Gasteiger partial charge in [0, 0.05) is 12.2 Å². The van der Waals surface area contributed by atoms with Crippen LogP contribution < -0.4 is 4.90 Å². The molecule has 0 fully saturated rings. The van der Waals surface area contributed by atoms with Gasteiger partial charge in [0.1, 0.15) is 11.6 Å². The summed E-state index contributed by atoms with van der Waals surface area (Å²) in [6.07, 6.45) is 16.6. The van der Waals surface area contributed by atoms with Gasteiger partial charge in [-0.3, -0.25) is 0 Å². The van der Waals surface area contributed by atoms with Crippen molar-refractivity contribution >= 4 is 5.69 Å². The first kappa shape index (κ1) is 27.2. The lowest BCUT2D eigenvalue weighted by Gasteiger charge is -2.39. The molecule has 3 aromatic carbocycles. The summed E-state index contributed by atoms with van der Waals surface area (Å²) in [6, 6.07) is 21.9. The lowest BCUT2D eigenvalue weighted by Crippen LogP contribution is -2.36. The number of hydrogen-bond donors (Lipinski definition) is 1.